The van der Waals surface area contributed by atoms with Gasteiger partial charge in [0.25, 0.3) is 0 Å². The smallest absolute Gasteiger partial charge is 0.210 e. The number of hydrogen-bond donors (Lipinski definition) is 1. The summed E-state index contributed by atoms with van der Waals surface area (Å²) >= 11 is 5.75. The molecule has 6 heteroatoms. The highest BCUT2D eigenvalue weighted by Crippen LogP contribution is 2.25. The van der Waals surface area contributed by atoms with Gasteiger partial charge in [0.2, 0.25) is 10.0 Å². The Kier molecular flexibility index (Phi) is 4.90. The Morgan fingerprint density at radius 1 is 1.09 bits per heavy atom. The van der Waals surface area contributed by atoms with Gasteiger partial charge in [0.1, 0.15) is 5.82 Å². The summed E-state index contributed by atoms with van der Waals surface area (Å²) in [6.45, 7) is 3.66. The number of halogens is 2. The zero-order valence-electron chi connectivity index (χ0n) is 12.3. The van der Waals surface area contributed by atoms with Crippen LogP contribution in [0.4, 0.5) is 4.39 Å². The second-order valence-corrected chi connectivity index (χ2v) is 7.85. The van der Waals surface area contributed by atoms with E-state index in [1.165, 1.54) is 30.3 Å². The molecule has 0 saturated carbocycles. The van der Waals surface area contributed by atoms with E-state index in [9.17, 15) is 12.8 Å². The maximum absolute atomic E-state index is 13.9. The monoisotopic (exact) mass is 341 g/mol. The summed E-state index contributed by atoms with van der Waals surface area (Å²) in [6, 6.07) is 12.2. The van der Waals surface area contributed by atoms with Crippen molar-refractivity contribution < 1.29 is 12.8 Å². The van der Waals surface area contributed by atoms with Crippen LogP contribution in [0.25, 0.3) is 0 Å². The van der Waals surface area contributed by atoms with Gasteiger partial charge in [0, 0.05) is 17.0 Å². The fourth-order valence-corrected chi connectivity index (χ4v) is 3.42. The SMILES string of the molecule is CC(C)(CNS(=O)(=O)c1ccc(Cl)cc1)c1ccccc1F. The minimum absolute atomic E-state index is 0.0822. The van der Waals surface area contributed by atoms with E-state index in [1.54, 1.807) is 32.0 Å². The maximum atomic E-state index is 13.9. The van der Waals surface area contributed by atoms with Crippen molar-refractivity contribution in [1.29, 1.82) is 0 Å². The van der Waals surface area contributed by atoms with Gasteiger partial charge in [-0.15, -0.1) is 0 Å². The first kappa shape index (κ1) is 16.9. The van der Waals surface area contributed by atoms with Gasteiger partial charge in [0.15, 0.2) is 0 Å². The first-order valence-corrected chi connectivity index (χ1v) is 8.59. The van der Waals surface area contributed by atoms with Crippen LogP contribution in [0.5, 0.6) is 0 Å². The summed E-state index contributed by atoms with van der Waals surface area (Å²) in [5.41, 5.74) is -0.209. The van der Waals surface area contributed by atoms with E-state index in [2.05, 4.69) is 4.72 Å². The Morgan fingerprint density at radius 2 is 1.68 bits per heavy atom. The molecular formula is C16H17ClFNO2S. The Bertz CT molecular complexity index is 758. The number of rotatable bonds is 5. The average Bonchev–Trinajstić information content (AvgIpc) is 2.46. The quantitative estimate of drug-likeness (QED) is 0.900. The van der Waals surface area contributed by atoms with Crippen molar-refractivity contribution in [2.24, 2.45) is 0 Å². The van der Waals surface area contributed by atoms with Crippen LogP contribution in [0.15, 0.2) is 53.4 Å². The average molecular weight is 342 g/mol. The third-order valence-corrected chi connectivity index (χ3v) is 5.10. The molecule has 0 amide bonds. The maximum Gasteiger partial charge on any atom is 0.240 e. The molecule has 2 aromatic rings. The van der Waals surface area contributed by atoms with Crippen molar-refractivity contribution >= 4 is 21.6 Å². The van der Waals surface area contributed by atoms with Crippen LogP contribution >= 0.6 is 11.6 Å². The number of hydrogen-bond acceptors (Lipinski definition) is 2. The van der Waals surface area contributed by atoms with Crippen LogP contribution in [-0.4, -0.2) is 15.0 Å². The fourth-order valence-electron chi connectivity index (χ4n) is 2.08. The Labute approximate surface area is 135 Å². The third-order valence-electron chi connectivity index (χ3n) is 3.43. The Hall–Kier alpha value is -1.43. The molecule has 22 heavy (non-hydrogen) atoms. The molecule has 118 valence electrons. The molecule has 3 nitrogen and oxygen atoms in total. The molecule has 0 radical (unpaired) electrons. The fraction of sp³-hybridized carbons (Fsp3) is 0.250. The zero-order chi connectivity index (χ0) is 16.4. The van der Waals surface area contributed by atoms with Gasteiger partial charge >= 0.3 is 0 Å². The van der Waals surface area contributed by atoms with Gasteiger partial charge in [-0.05, 0) is 35.9 Å². The molecule has 0 aromatic heterocycles. The lowest BCUT2D eigenvalue weighted by molar-refractivity contribution is 0.471. The van der Waals surface area contributed by atoms with E-state index in [1.807, 2.05) is 0 Å². The van der Waals surface area contributed by atoms with Crippen molar-refractivity contribution in [2.45, 2.75) is 24.2 Å². The van der Waals surface area contributed by atoms with Crippen molar-refractivity contribution in [1.82, 2.24) is 4.72 Å². The summed E-state index contributed by atoms with van der Waals surface area (Å²) < 4.78 is 40.9. The molecule has 0 atom stereocenters. The highest BCUT2D eigenvalue weighted by molar-refractivity contribution is 7.89. The number of sulfonamides is 1. The third kappa shape index (κ3) is 3.85. The Morgan fingerprint density at radius 3 is 2.27 bits per heavy atom. The molecule has 1 N–H and O–H groups in total. The predicted molar refractivity (Wildman–Crippen MR) is 86.1 cm³/mol. The van der Waals surface area contributed by atoms with Gasteiger partial charge in [-0.3, -0.25) is 0 Å². The number of nitrogens with one attached hydrogen (secondary N) is 1. The molecule has 0 fully saturated rings. The van der Waals surface area contributed by atoms with E-state index in [0.29, 0.717) is 10.6 Å². The molecule has 0 aliphatic heterocycles. The van der Waals surface area contributed by atoms with Gasteiger partial charge in [-0.25, -0.2) is 17.5 Å². The standard InChI is InChI=1S/C16H17ClFNO2S/c1-16(2,14-5-3-4-6-15(14)18)11-19-22(20,21)13-9-7-12(17)8-10-13/h3-10,19H,11H2,1-2H3. The largest absolute Gasteiger partial charge is 0.240 e. The first-order chi connectivity index (χ1) is 10.2. The molecule has 2 rings (SSSR count). The van der Waals surface area contributed by atoms with Crippen LogP contribution in [-0.2, 0) is 15.4 Å². The summed E-state index contributed by atoms with van der Waals surface area (Å²) in [4.78, 5) is 0.126. The predicted octanol–water partition coefficient (Wildman–Crippen LogP) is 3.74. The molecule has 0 heterocycles. The van der Waals surface area contributed by atoms with E-state index in [-0.39, 0.29) is 17.3 Å². The van der Waals surface area contributed by atoms with Gasteiger partial charge in [-0.1, -0.05) is 43.6 Å². The van der Waals surface area contributed by atoms with Gasteiger partial charge in [-0.2, -0.15) is 0 Å². The lowest BCUT2D eigenvalue weighted by Gasteiger charge is -2.26. The lowest BCUT2D eigenvalue weighted by Crippen LogP contribution is -2.37. The van der Waals surface area contributed by atoms with Crippen LogP contribution in [0.2, 0.25) is 5.02 Å². The minimum atomic E-state index is -3.66. The van der Waals surface area contributed by atoms with Crippen molar-refractivity contribution in [3.63, 3.8) is 0 Å². The summed E-state index contributed by atoms with van der Waals surface area (Å²) in [7, 11) is -3.66. The van der Waals surface area contributed by atoms with Crippen LogP contribution in [0, 0.1) is 5.82 Å². The van der Waals surface area contributed by atoms with Crippen LogP contribution in [0.1, 0.15) is 19.4 Å². The first-order valence-electron chi connectivity index (χ1n) is 6.73. The van der Waals surface area contributed by atoms with Crippen molar-refractivity contribution in [3.8, 4) is 0 Å². The lowest BCUT2D eigenvalue weighted by atomic mass is 9.84. The normalized spacial score (nSPS) is 12.4. The Balaban J connectivity index is 2.18. The molecular weight excluding hydrogens is 325 g/mol. The second-order valence-electron chi connectivity index (χ2n) is 5.64. The minimum Gasteiger partial charge on any atom is -0.210 e. The summed E-state index contributed by atoms with van der Waals surface area (Å²) in [5.74, 6) is -0.349. The second kappa shape index (κ2) is 6.36. The van der Waals surface area contributed by atoms with E-state index >= 15 is 0 Å². The van der Waals surface area contributed by atoms with E-state index in [4.69, 9.17) is 11.6 Å². The van der Waals surface area contributed by atoms with Crippen molar-refractivity contribution in [2.75, 3.05) is 6.54 Å². The molecule has 0 aliphatic rings. The molecule has 0 bridgehead atoms. The molecule has 0 unspecified atom stereocenters. The molecule has 2 aromatic carbocycles. The van der Waals surface area contributed by atoms with E-state index < -0.39 is 15.4 Å². The number of benzene rings is 2. The topological polar surface area (TPSA) is 46.2 Å². The van der Waals surface area contributed by atoms with Crippen molar-refractivity contribution in [3.05, 3.63) is 64.9 Å². The van der Waals surface area contributed by atoms with E-state index in [0.717, 1.165) is 0 Å². The zero-order valence-corrected chi connectivity index (χ0v) is 13.9. The molecule has 0 saturated heterocycles. The summed E-state index contributed by atoms with van der Waals surface area (Å²) in [6.07, 6.45) is 0. The van der Waals surface area contributed by atoms with Crippen LogP contribution < -0.4 is 4.72 Å². The molecule has 0 aliphatic carbocycles. The molecule has 0 spiro atoms. The van der Waals surface area contributed by atoms with Gasteiger partial charge < -0.3 is 0 Å². The highest BCUT2D eigenvalue weighted by Gasteiger charge is 2.26. The highest BCUT2D eigenvalue weighted by atomic mass is 35.5. The van der Waals surface area contributed by atoms with Gasteiger partial charge in [0.05, 0.1) is 4.90 Å². The summed E-state index contributed by atoms with van der Waals surface area (Å²) in [5, 5.41) is 0.464. The van der Waals surface area contributed by atoms with Crippen LogP contribution in [0.3, 0.4) is 0 Å².